The minimum absolute atomic E-state index is 0.00781. The van der Waals surface area contributed by atoms with Crippen LogP contribution in [0.4, 0.5) is 5.69 Å². The Balaban J connectivity index is 1.62. The first-order valence-corrected chi connectivity index (χ1v) is 11.7. The maximum Gasteiger partial charge on any atom is 0.308 e. The van der Waals surface area contributed by atoms with Gasteiger partial charge in [-0.1, -0.05) is 50.7 Å². The van der Waals surface area contributed by atoms with Gasteiger partial charge in [-0.3, -0.25) is 14.2 Å². The predicted octanol–water partition coefficient (Wildman–Crippen LogP) is 5.26. The van der Waals surface area contributed by atoms with E-state index in [-0.39, 0.29) is 22.1 Å². The number of thioether (sulfide) groups is 1. The van der Waals surface area contributed by atoms with E-state index in [2.05, 4.69) is 26.1 Å². The Bertz CT molecular complexity index is 960. The lowest BCUT2D eigenvalue weighted by Crippen LogP contribution is -2.39. The Labute approximate surface area is 174 Å². The largest absolute Gasteiger partial charge is 0.325 e. The SMILES string of the molecule is Cc1cccc(NC(=O)Cn2c3c(sc2=O)[C@@H]2C[C@@H](C)CC[C@H]2C(C)(C)S3)c1. The number of aryl methyl sites for hydroxylation is 1. The Morgan fingerprint density at radius 1 is 1.32 bits per heavy atom. The van der Waals surface area contributed by atoms with Crippen LogP contribution in [0.25, 0.3) is 0 Å². The molecule has 1 aliphatic heterocycles. The maximum atomic E-state index is 12.8. The van der Waals surface area contributed by atoms with Crippen molar-refractivity contribution in [1.29, 1.82) is 0 Å². The van der Waals surface area contributed by atoms with Crippen LogP contribution < -0.4 is 10.2 Å². The highest BCUT2D eigenvalue weighted by Gasteiger charge is 2.47. The van der Waals surface area contributed by atoms with Crippen LogP contribution in [0.3, 0.4) is 0 Å². The summed E-state index contributed by atoms with van der Waals surface area (Å²) >= 11 is 3.16. The molecule has 1 aromatic carbocycles. The average molecular weight is 417 g/mol. The van der Waals surface area contributed by atoms with Crippen LogP contribution in [0, 0.1) is 18.8 Å². The molecule has 4 rings (SSSR count). The standard InChI is InChI=1S/C22H28N2O2S2/c1-13-6-5-7-15(10-13)23-18(25)12-24-20-19(27-21(24)26)16-11-14(2)8-9-17(16)22(3,4)28-20/h5-7,10,14,16-17H,8-9,11-12H2,1-4H3,(H,23,25)/t14-,16+,17+/m0/s1. The lowest BCUT2D eigenvalue weighted by molar-refractivity contribution is -0.116. The zero-order chi connectivity index (χ0) is 20.1. The number of carbonyl (C=O) groups is 1. The lowest BCUT2D eigenvalue weighted by atomic mass is 9.69. The van der Waals surface area contributed by atoms with Gasteiger partial charge in [-0.25, -0.2) is 0 Å². The van der Waals surface area contributed by atoms with Gasteiger partial charge in [-0.2, -0.15) is 0 Å². The van der Waals surface area contributed by atoms with Crippen LogP contribution in [0.1, 0.15) is 56.4 Å². The van der Waals surface area contributed by atoms with Gasteiger partial charge in [-0.15, -0.1) is 11.8 Å². The highest BCUT2D eigenvalue weighted by Crippen LogP contribution is 2.58. The van der Waals surface area contributed by atoms with E-state index < -0.39 is 0 Å². The number of nitrogens with one attached hydrogen (secondary N) is 1. The molecule has 150 valence electrons. The van der Waals surface area contributed by atoms with Crippen molar-refractivity contribution < 1.29 is 4.79 Å². The first-order valence-electron chi connectivity index (χ1n) is 10.0. The van der Waals surface area contributed by atoms with Crippen molar-refractivity contribution in [3.63, 3.8) is 0 Å². The zero-order valence-corrected chi connectivity index (χ0v) is 18.6. The molecule has 2 heterocycles. The summed E-state index contributed by atoms with van der Waals surface area (Å²) in [4.78, 5) is 26.7. The summed E-state index contributed by atoms with van der Waals surface area (Å²) in [6.07, 6.45) is 3.65. The molecule has 3 atom stereocenters. The van der Waals surface area contributed by atoms with E-state index in [1.54, 1.807) is 16.3 Å². The van der Waals surface area contributed by atoms with E-state index in [1.807, 2.05) is 31.2 Å². The molecule has 28 heavy (non-hydrogen) atoms. The molecule has 0 saturated heterocycles. The van der Waals surface area contributed by atoms with E-state index in [1.165, 1.54) is 29.1 Å². The van der Waals surface area contributed by atoms with Gasteiger partial charge in [0.1, 0.15) is 6.54 Å². The second-order valence-corrected chi connectivity index (χ2v) is 11.5. The number of anilines is 1. The third-order valence-electron chi connectivity index (χ3n) is 6.18. The molecule has 1 amide bonds. The Hall–Kier alpha value is -1.53. The first-order chi connectivity index (χ1) is 13.2. The van der Waals surface area contributed by atoms with Crippen molar-refractivity contribution in [1.82, 2.24) is 4.57 Å². The Morgan fingerprint density at radius 3 is 2.86 bits per heavy atom. The highest BCUT2D eigenvalue weighted by atomic mass is 32.2. The van der Waals surface area contributed by atoms with Crippen LogP contribution in [0.15, 0.2) is 34.1 Å². The molecule has 1 aromatic heterocycles. The van der Waals surface area contributed by atoms with Crippen molar-refractivity contribution in [2.75, 3.05) is 5.32 Å². The van der Waals surface area contributed by atoms with Crippen LogP contribution in [-0.4, -0.2) is 15.2 Å². The molecule has 1 aliphatic carbocycles. The predicted molar refractivity (Wildman–Crippen MR) is 118 cm³/mol. The summed E-state index contributed by atoms with van der Waals surface area (Å²) in [6.45, 7) is 8.99. The van der Waals surface area contributed by atoms with Crippen molar-refractivity contribution in [3.8, 4) is 0 Å². The number of carbonyl (C=O) groups excluding carboxylic acids is 1. The van der Waals surface area contributed by atoms with Crippen LogP contribution in [-0.2, 0) is 11.3 Å². The second-order valence-electron chi connectivity index (χ2n) is 8.88. The van der Waals surface area contributed by atoms with Gasteiger partial charge < -0.3 is 5.32 Å². The summed E-state index contributed by atoms with van der Waals surface area (Å²) in [7, 11) is 0. The summed E-state index contributed by atoms with van der Waals surface area (Å²) in [5, 5.41) is 3.96. The van der Waals surface area contributed by atoms with E-state index >= 15 is 0 Å². The van der Waals surface area contributed by atoms with Crippen molar-refractivity contribution >= 4 is 34.7 Å². The molecular formula is C22H28N2O2S2. The van der Waals surface area contributed by atoms with Crippen molar-refractivity contribution in [2.45, 2.75) is 69.2 Å². The van der Waals surface area contributed by atoms with Crippen molar-refractivity contribution in [2.24, 2.45) is 11.8 Å². The Kier molecular flexibility index (Phi) is 5.21. The number of nitrogens with zero attached hydrogens (tertiary/aromatic N) is 1. The van der Waals surface area contributed by atoms with Crippen LogP contribution in [0.2, 0.25) is 0 Å². The number of amides is 1. The summed E-state index contributed by atoms with van der Waals surface area (Å²) in [6, 6.07) is 7.74. The number of hydrogen-bond donors (Lipinski definition) is 1. The molecule has 1 saturated carbocycles. The van der Waals surface area contributed by atoms with Crippen LogP contribution in [0.5, 0.6) is 0 Å². The monoisotopic (exact) mass is 416 g/mol. The van der Waals surface area contributed by atoms with Gasteiger partial charge in [0.05, 0.1) is 5.03 Å². The zero-order valence-electron chi connectivity index (χ0n) is 17.0. The summed E-state index contributed by atoms with van der Waals surface area (Å²) in [5.74, 6) is 1.61. The number of hydrogen-bond acceptors (Lipinski definition) is 4. The third-order valence-corrected chi connectivity index (χ3v) is 8.88. The fraction of sp³-hybridized carbons (Fsp3) is 0.545. The molecule has 2 aliphatic rings. The Morgan fingerprint density at radius 2 is 2.11 bits per heavy atom. The van der Waals surface area contributed by atoms with E-state index in [0.717, 1.165) is 22.7 Å². The molecule has 1 fully saturated rings. The minimum Gasteiger partial charge on any atom is -0.325 e. The number of thiazole rings is 1. The van der Waals surface area contributed by atoms with E-state index in [4.69, 9.17) is 0 Å². The average Bonchev–Trinajstić information content (AvgIpc) is 2.90. The van der Waals surface area contributed by atoms with Crippen LogP contribution >= 0.6 is 23.1 Å². The quantitative estimate of drug-likeness (QED) is 0.742. The van der Waals surface area contributed by atoms with Gasteiger partial charge in [0.25, 0.3) is 0 Å². The third kappa shape index (κ3) is 3.69. The number of rotatable bonds is 3. The number of benzene rings is 1. The van der Waals surface area contributed by atoms with Gasteiger partial charge in [0, 0.05) is 21.2 Å². The second kappa shape index (κ2) is 7.38. The lowest BCUT2D eigenvalue weighted by Gasteiger charge is -2.47. The van der Waals surface area contributed by atoms with Gasteiger partial charge in [0.2, 0.25) is 5.91 Å². The molecule has 6 heteroatoms. The normalized spacial score (nSPS) is 25.6. The molecule has 0 bridgehead atoms. The highest BCUT2D eigenvalue weighted by molar-refractivity contribution is 8.00. The molecule has 1 N–H and O–H groups in total. The smallest absolute Gasteiger partial charge is 0.308 e. The van der Waals surface area contributed by atoms with Crippen molar-refractivity contribution in [3.05, 3.63) is 44.4 Å². The first kappa shape index (κ1) is 19.8. The fourth-order valence-electron chi connectivity index (χ4n) is 4.78. The van der Waals surface area contributed by atoms with E-state index in [9.17, 15) is 9.59 Å². The minimum atomic E-state index is -0.147. The topological polar surface area (TPSA) is 51.1 Å². The summed E-state index contributed by atoms with van der Waals surface area (Å²) < 4.78 is 1.78. The molecular weight excluding hydrogens is 388 g/mol. The fourth-order valence-corrected chi connectivity index (χ4v) is 7.59. The molecule has 0 unspecified atom stereocenters. The van der Waals surface area contributed by atoms with Gasteiger partial charge in [0.15, 0.2) is 0 Å². The maximum absolute atomic E-state index is 12.8. The van der Waals surface area contributed by atoms with Gasteiger partial charge in [-0.05, 0) is 49.3 Å². The van der Waals surface area contributed by atoms with E-state index in [0.29, 0.717) is 17.8 Å². The number of fused-ring (bicyclic) bond motifs is 3. The van der Waals surface area contributed by atoms with Gasteiger partial charge >= 0.3 is 4.87 Å². The number of aromatic nitrogens is 1. The molecule has 0 radical (unpaired) electrons. The molecule has 2 aromatic rings. The summed E-state index contributed by atoms with van der Waals surface area (Å²) in [5.41, 5.74) is 1.87. The molecule has 4 nitrogen and oxygen atoms in total. The molecule has 0 spiro atoms.